The maximum atomic E-state index is 12.2. The summed E-state index contributed by atoms with van der Waals surface area (Å²) in [5, 5.41) is 5.72. The van der Waals surface area contributed by atoms with Gasteiger partial charge in [0.15, 0.2) is 0 Å². The summed E-state index contributed by atoms with van der Waals surface area (Å²) in [5.41, 5.74) is 1.86. The van der Waals surface area contributed by atoms with E-state index in [0.29, 0.717) is 26.1 Å². The van der Waals surface area contributed by atoms with Crippen molar-refractivity contribution in [3.05, 3.63) is 24.3 Å². The Morgan fingerprint density at radius 3 is 2.54 bits per heavy atom. The number of benzene rings is 1. The van der Waals surface area contributed by atoms with Crippen LogP contribution in [0.1, 0.15) is 32.6 Å². The number of nitrogens with one attached hydrogen (secondary N) is 2. The molecule has 0 aliphatic carbocycles. The van der Waals surface area contributed by atoms with E-state index in [0.717, 1.165) is 24.5 Å². The molecule has 1 heterocycles. The quantitative estimate of drug-likeness (QED) is 0.677. The molecule has 0 aromatic heterocycles. The van der Waals surface area contributed by atoms with E-state index in [1.165, 1.54) is 29.8 Å². The van der Waals surface area contributed by atoms with Crippen LogP contribution in [0.3, 0.4) is 0 Å². The van der Waals surface area contributed by atoms with Crippen LogP contribution in [0.5, 0.6) is 0 Å². The Bertz CT molecular complexity index is 687. The summed E-state index contributed by atoms with van der Waals surface area (Å²) >= 11 is 0. The lowest BCUT2D eigenvalue weighted by atomic mass is 10.1. The molecule has 1 aliphatic heterocycles. The Morgan fingerprint density at radius 2 is 1.88 bits per heavy atom. The summed E-state index contributed by atoms with van der Waals surface area (Å²) in [4.78, 5) is 14.5. The topological polar surface area (TPSA) is 81.8 Å². The first-order valence-electron chi connectivity index (χ1n) is 9.25. The van der Waals surface area contributed by atoms with Gasteiger partial charge in [-0.15, -0.1) is 0 Å². The van der Waals surface area contributed by atoms with Gasteiger partial charge in [0, 0.05) is 32.7 Å². The van der Waals surface area contributed by atoms with E-state index in [1.54, 1.807) is 6.92 Å². The van der Waals surface area contributed by atoms with Crippen LogP contribution >= 0.6 is 0 Å². The third-order valence-corrected chi connectivity index (χ3v) is 5.92. The van der Waals surface area contributed by atoms with E-state index >= 15 is 0 Å². The van der Waals surface area contributed by atoms with Crippen molar-refractivity contribution in [2.24, 2.45) is 0 Å². The van der Waals surface area contributed by atoms with Gasteiger partial charge in [-0.05, 0) is 37.8 Å². The largest absolute Gasteiger partial charge is 0.370 e. The van der Waals surface area contributed by atoms with Gasteiger partial charge in [0.05, 0.1) is 17.6 Å². The van der Waals surface area contributed by atoms with Crippen molar-refractivity contribution in [1.29, 1.82) is 0 Å². The number of sulfonamides is 1. The van der Waals surface area contributed by atoms with E-state index in [4.69, 9.17) is 0 Å². The SMILES string of the molecule is CCN(CCCNC(=O)Nc1ccccc1N1CCCCC1)S(C)(=O)=O. The Kier molecular flexibility index (Phi) is 7.71. The second-order valence-corrected chi connectivity index (χ2v) is 8.54. The minimum Gasteiger partial charge on any atom is -0.370 e. The van der Waals surface area contributed by atoms with Crippen LogP contribution in [-0.2, 0) is 10.0 Å². The predicted molar refractivity (Wildman–Crippen MR) is 106 cm³/mol. The monoisotopic (exact) mass is 382 g/mol. The van der Waals surface area contributed by atoms with E-state index < -0.39 is 10.0 Å². The third kappa shape index (κ3) is 6.17. The smallest absolute Gasteiger partial charge is 0.319 e. The average Bonchev–Trinajstić information content (AvgIpc) is 2.62. The lowest BCUT2D eigenvalue weighted by molar-refractivity contribution is 0.251. The molecule has 1 aromatic rings. The molecular weight excluding hydrogens is 352 g/mol. The lowest BCUT2D eigenvalue weighted by Gasteiger charge is -2.30. The molecule has 2 N–H and O–H groups in total. The number of anilines is 2. The van der Waals surface area contributed by atoms with E-state index in [-0.39, 0.29) is 6.03 Å². The standard InChI is InChI=1S/C18H30N4O3S/c1-3-22(26(2,24)25)15-9-12-19-18(23)20-16-10-5-6-11-17(16)21-13-7-4-8-14-21/h5-6,10-11H,3-4,7-9,12-15H2,1-2H3,(H2,19,20,23). The van der Waals surface area contributed by atoms with Crippen molar-refractivity contribution in [2.45, 2.75) is 32.6 Å². The number of rotatable bonds is 8. The summed E-state index contributed by atoms with van der Waals surface area (Å²) in [6.45, 7) is 5.09. The zero-order valence-electron chi connectivity index (χ0n) is 15.7. The number of amides is 2. The van der Waals surface area contributed by atoms with Crippen molar-refractivity contribution in [3.63, 3.8) is 0 Å². The molecule has 0 spiro atoms. The van der Waals surface area contributed by atoms with Gasteiger partial charge >= 0.3 is 6.03 Å². The van der Waals surface area contributed by atoms with E-state index in [9.17, 15) is 13.2 Å². The first-order chi connectivity index (χ1) is 12.4. The maximum Gasteiger partial charge on any atom is 0.319 e. The minimum atomic E-state index is -3.18. The number of para-hydroxylation sites is 2. The lowest BCUT2D eigenvalue weighted by Crippen LogP contribution is -2.35. The van der Waals surface area contributed by atoms with Crippen LogP contribution in [-0.4, -0.2) is 57.7 Å². The second-order valence-electron chi connectivity index (χ2n) is 6.55. The highest BCUT2D eigenvalue weighted by Gasteiger charge is 2.16. The van der Waals surface area contributed by atoms with Crippen LogP contribution in [0.25, 0.3) is 0 Å². The third-order valence-electron chi connectivity index (χ3n) is 4.54. The molecule has 0 saturated carbocycles. The summed E-state index contributed by atoms with van der Waals surface area (Å²) in [7, 11) is -3.18. The normalized spacial score (nSPS) is 15.1. The highest BCUT2D eigenvalue weighted by atomic mass is 32.2. The van der Waals surface area contributed by atoms with Crippen LogP contribution in [0.4, 0.5) is 16.2 Å². The van der Waals surface area contributed by atoms with Crippen molar-refractivity contribution < 1.29 is 13.2 Å². The molecule has 7 nitrogen and oxygen atoms in total. The predicted octanol–water partition coefficient (Wildman–Crippen LogP) is 2.47. The molecule has 1 fully saturated rings. The Balaban J connectivity index is 1.83. The van der Waals surface area contributed by atoms with Crippen molar-refractivity contribution in [3.8, 4) is 0 Å². The van der Waals surface area contributed by atoms with Crippen molar-refractivity contribution in [1.82, 2.24) is 9.62 Å². The summed E-state index contributed by atoms with van der Waals surface area (Å²) in [5.74, 6) is 0. The molecule has 0 unspecified atom stereocenters. The fourth-order valence-corrected chi connectivity index (χ4v) is 4.10. The number of hydrogen-bond acceptors (Lipinski definition) is 4. The average molecular weight is 383 g/mol. The van der Waals surface area contributed by atoms with Gasteiger partial charge in [-0.1, -0.05) is 19.1 Å². The first-order valence-corrected chi connectivity index (χ1v) is 11.1. The number of carbonyl (C=O) groups is 1. The Labute approximate surface area is 156 Å². The molecule has 26 heavy (non-hydrogen) atoms. The van der Waals surface area contributed by atoms with Gasteiger partial charge in [-0.25, -0.2) is 17.5 Å². The van der Waals surface area contributed by atoms with Gasteiger partial charge in [0.2, 0.25) is 10.0 Å². The molecule has 1 aliphatic rings. The highest BCUT2D eigenvalue weighted by Crippen LogP contribution is 2.28. The zero-order valence-corrected chi connectivity index (χ0v) is 16.5. The van der Waals surface area contributed by atoms with Gasteiger partial charge in [-0.3, -0.25) is 0 Å². The molecule has 8 heteroatoms. The van der Waals surface area contributed by atoms with Crippen molar-refractivity contribution >= 4 is 27.4 Å². The second kappa shape index (κ2) is 9.78. The molecule has 2 amide bonds. The van der Waals surface area contributed by atoms with Gasteiger partial charge in [0.1, 0.15) is 0 Å². The number of carbonyl (C=O) groups excluding carboxylic acids is 1. The number of hydrogen-bond donors (Lipinski definition) is 2. The molecule has 146 valence electrons. The molecule has 0 bridgehead atoms. The molecule has 1 aromatic carbocycles. The molecular formula is C18H30N4O3S. The van der Waals surface area contributed by atoms with Crippen molar-refractivity contribution in [2.75, 3.05) is 49.2 Å². The highest BCUT2D eigenvalue weighted by molar-refractivity contribution is 7.88. The molecule has 0 radical (unpaired) electrons. The number of piperidine rings is 1. The Morgan fingerprint density at radius 1 is 1.19 bits per heavy atom. The van der Waals surface area contributed by atoms with Gasteiger partial charge < -0.3 is 15.5 Å². The molecule has 2 rings (SSSR count). The molecule has 0 atom stereocenters. The minimum absolute atomic E-state index is 0.267. The fraction of sp³-hybridized carbons (Fsp3) is 0.611. The van der Waals surface area contributed by atoms with Crippen LogP contribution in [0, 0.1) is 0 Å². The maximum absolute atomic E-state index is 12.2. The van der Waals surface area contributed by atoms with Crippen LogP contribution < -0.4 is 15.5 Å². The van der Waals surface area contributed by atoms with Gasteiger partial charge in [0.25, 0.3) is 0 Å². The fourth-order valence-electron chi connectivity index (χ4n) is 3.17. The van der Waals surface area contributed by atoms with E-state index in [1.807, 2.05) is 24.3 Å². The summed E-state index contributed by atoms with van der Waals surface area (Å²) in [6.07, 6.45) is 5.38. The number of urea groups is 1. The molecule has 1 saturated heterocycles. The first kappa shape index (κ1) is 20.5. The van der Waals surface area contributed by atoms with Crippen LogP contribution in [0.2, 0.25) is 0 Å². The zero-order chi connectivity index (χ0) is 19.0. The summed E-state index contributed by atoms with van der Waals surface area (Å²) in [6, 6.07) is 7.57. The number of nitrogens with zero attached hydrogens (tertiary/aromatic N) is 2. The van der Waals surface area contributed by atoms with Crippen LogP contribution in [0.15, 0.2) is 24.3 Å². The van der Waals surface area contributed by atoms with E-state index in [2.05, 4.69) is 15.5 Å². The summed E-state index contributed by atoms with van der Waals surface area (Å²) < 4.78 is 24.5. The van der Waals surface area contributed by atoms with Gasteiger partial charge in [-0.2, -0.15) is 0 Å². The Hall–Kier alpha value is -1.80.